The summed E-state index contributed by atoms with van der Waals surface area (Å²) in [7, 11) is 0. The zero-order valence-electron chi connectivity index (χ0n) is 15.9. The van der Waals surface area contributed by atoms with Gasteiger partial charge in [-0.1, -0.05) is 19.9 Å². The fourth-order valence-electron chi connectivity index (χ4n) is 3.67. The van der Waals surface area contributed by atoms with Crippen molar-refractivity contribution < 1.29 is 24.6 Å². The van der Waals surface area contributed by atoms with E-state index in [2.05, 4.69) is 10.3 Å². The van der Waals surface area contributed by atoms with Gasteiger partial charge < -0.3 is 20.5 Å². The minimum absolute atomic E-state index is 0.0948. The molecule has 2 aromatic rings. The number of hydrogen-bond donors (Lipinski definition) is 4. The van der Waals surface area contributed by atoms with Gasteiger partial charge in [-0.3, -0.25) is 19.3 Å². The fourth-order valence-corrected chi connectivity index (χ4v) is 3.67. The Bertz CT molecular complexity index is 904. The fraction of sp³-hybridized carbons (Fsp3) is 0.450. The van der Waals surface area contributed by atoms with E-state index in [0.29, 0.717) is 30.6 Å². The van der Waals surface area contributed by atoms with Crippen molar-refractivity contribution in [1.82, 2.24) is 9.88 Å². The molecule has 1 fully saturated rings. The van der Waals surface area contributed by atoms with Crippen LogP contribution in [0.2, 0.25) is 0 Å². The van der Waals surface area contributed by atoms with E-state index in [1.807, 2.05) is 0 Å². The molecule has 0 spiro atoms. The number of nitrogens with one attached hydrogen (secondary N) is 2. The number of carboxylic acid groups (broad SMARTS) is 2. The summed E-state index contributed by atoms with van der Waals surface area (Å²) in [5.41, 5.74) is 1.94. The first kappa shape index (κ1) is 19.9. The van der Waals surface area contributed by atoms with E-state index in [9.17, 15) is 24.6 Å². The second kappa shape index (κ2) is 8.02. The monoisotopic (exact) mass is 387 g/mol. The molecule has 1 aromatic carbocycles. The predicted octanol–water partition coefficient (Wildman–Crippen LogP) is 2.68. The summed E-state index contributed by atoms with van der Waals surface area (Å²) in [6.07, 6.45) is 2.86. The largest absolute Gasteiger partial charge is 0.481 e. The van der Waals surface area contributed by atoms with Crippen LogP contribution in [-0.2, 0) is 14.4 Å². The molecule has 28 heavy (non-hydrogen) atoms. The first-order valence-corrected chi connectivity index (χ1v) is 9.39. The lowest BCUT2D eigenvalue weighted by atomic mass is 9.94. The maximum absolute atomic E-state index is 12.0. The number of amides is 1. The molecule has 0 saturated carbocycles. The zero-order valence-corrected chi connectivity index (χ0v) is 15.9. The van der Waals surface area contributed by atoms with Crippen molar-refractivity contribution in [3.05, 3.63) is 30.0 Å². The lowest BCUT2D eigenvalue weighted by Crippen LogP contribution is -2.43. The second-order valence-corrected chi connectivity index (χ2v) is 7.56. The van der Waals surface area contributed by atoms with Crippen LogP contribution in [0.25, 0.3) is 10.9 Å². The molecule has 4 N–H and O–H groups in total. The van der Waals surface area contributed by atoms with Gasteiger partial charge >= 0.3 is 11.9 Å². The van der Waals surface area contributed by atoms with Crippen molar-refractivity contribution >= 4 is 34.4 Å². The van der Waals surface area contributed by atoms with E-state index in [4.69, 9.17) is 0 Å². The molecule has 1 amide bonds. The minimum Gasteiger partial charge on any atom is -0.481 e. The van der Waals surface area contributed by atoms with E-state index in [1.165, 1.54) is 0 Å². The Labute approximate surface area is 162 Å². The lowest BCUT2D eigenvalue weighted by Gasteiger charge is -2.34. The van der Waals surface area contributed by atoms with E-state index in [1.54, 1.807) is 43.1 Å². The highest BCUT2D eigenvalue weighted by Crippen LogP contribution is 2.33. The average molecular weight is 387 g/mol. The molecule has 8 nitrogen and oxygen atoms in total. The van der Waals surface area contributed by atoms with Crippen molar-refractivity contribution in [2.75, 3.05) is 18.4 Å². The third-order valence-corrected chi connectivity index (χ3v) is 5.20. The van der Waals surface area contributed by atoms with Gasteiger partial charge in [0.05, 0.1) is 5.92 Å². The smallest absolute Gasteiger partial charge is 0.325 e. The number of aromatic nitrogens is 1. The number of likely N-dealkylation sites (tertiary alicyclic amines) is 1. The third kappa shape index (κ3) is 4.01. The van der Waals surface area contributed by atoms with E-state index in [0.717, 1.165) is 10.9 Å². The van der Waals surface area contributed by atoms with Gasteiger partial charge in [0.15, 0.2) is 0 Å². The van der Waals surface area contributed by atoms with Crippen molar-refractivity contribution in [3.8, 4) is 0 Å². The van der Waals surface area contributed by atoms with Crippen molar-refractivity contribution in [1.29, 1.82) is 0 Å². The Kier molecular flexibility index (Phi) is 5.69. The number of carbonyl (C=O) groups excluding carboxylic acids is 1. The van der Waals surface area contributed by atoms with Gasteiger partial charge in [0.2, 0.25) is 5.91 Å². The summed E-state index contributed by atoms with van der Waals surface area (Å²) in [6.45, 7) is 4.36. The van der Waals surface area contributed by atoms with Crippen LogP contribution < -0.4 is 5.32 Å². The number of fused-ring (bicyclic) bond motifs is 1. The molecular formula is C20H25N3O5. The van der Waals surface area contributed by atoms with E-state index >= 15 is 0 Å². The van der Waals surface area contributed by atoms with Gasteiger partial charge in [0.1, 0.15) is 6.04 Å². The Morgan fingerprint density at radius 1 is 1.25 bits per heavy atom. The number of carbonyl (C=O) groups is 3. The molecule has 150 valence electrons. The Hall–Kier alpha value is -2.87. The molecule has 0 aliphatic carbocycles. The predicted molar refractivity (Wildman–Crippen MR) is 104 cm³/mol. The Balaban J connectivity index is 1.90. The number of rotatable bonds is 6. The highest BCUT2D eigenvalue weighted by atomic mass is 16.4. The molecule has 0 unspecified atom stereocenters. The highest BCUT2D eigenvalue weighted by molar-refractivity contribution is 5.96. The van der Waals surface area contributed by atoms with Crippen LogP contribution in [0.5, 0.6) is 0 Å². The third-order valence-electron chi connectivity index (χ3n) is 5.20. The van der Waals surface area contributed by atoms with Gasteiger partial charge in [-0.25, -0.2) is 0 Å². The maximum atomic E-state index is 12.0. The normalized spacial score (nSPS) is 18.9. The second-order valence-electron chi connectivity index (χ2n) is 7.56. The summed E-state index contributed by atoms with van der Waals surface area (Å²) in [6, 6.07) is 4.38. The van der Waals surface area contributed by atoms with Gasteiger partial charge in [0.25, 0.3) is 0 Å². The number of aromatic amines is 1. The lowest BCUT2D eigenvalue weighted by molar-refractivity contribution is -0.149. The molecule has 1 aromatic heterocycles. The first-order valence-electron chi connectivity index (χ1n) is 9.39. The van der Waals surface area contributed by atoms with Crippen LogP contribution in [0.4, 0.5) is 5.69 Å². The molecule has 1 aliphatic rings. The molecule has 2 heterocycles. The van der Waals surface area contributed by atoms with E-state index in [-0.39, 0.29) is 18.4 Å². The summed E-state index contributed by atoms with van der Waals surface area (Å²) >= 11 is 0. The number of aliphatic carboxylic acids is 2. The number of piperidine rings is 1. The minimum atomic E-state index is -1.01. The first-order chi connectivity index (χ1) is 13.3. The van der Waals surface area contributed by atoms with Crippen LogP contribution in [-0.4, -0.2) is 51.0 Å². The zero-order chi connectivity index (χ0) is 20.4. The van der Waals surface area contributed by atoms with Crippen LogP contribution in [0, 0.1) is 11.8 Å². The molecule has 1 saturated heterocycles. The van der Waals surface area contributed by atoms with Crippen LogP contribution in [0.1, 0.15) is 38.3 Å². The topological polar surface area (TPSA) is 123 Å². The maximum Gasteiger partial charge on any atom is 0.325 e. The number of hydrogen-bond acceptors (Lipinski definition) is 4. The summed E-state index contributed by atoms with van der Waals surface area (Å²) in [4.78, 5) is 40.1. The summed E-state index contributed by atoms with van der Waals surface area (Å²) in [5.74, 6) is -2.70. The van der Waals surface area contributed by atoms with Crippen molar-refractivity contribution in [3.63, 3.8) is 0 Å². The van der Waals surface area contributed by atoms with Crippen LogP contribution in [0.15, 0.2) is 24.4 Å². The number of nitrogens with zero attached hydrogens (tertiary/aromatic N) is 1. The van der Waals surface area contributed by atoms with E-state index < -0.39 is 23.9 Å². The molecule has 2 atom stereocenters. The van der Waals surface area contributed by atoms with Crippen molar-refractivity contribution in [2.24, 2.45) is 11.8 Å². The quantitative estimate of drug-likeness (QED) is 0.604. The summed E-state index contributed by atoms with van der Waals surface area (Å²) < 4.78 is 0. The molecule has 0 radical (unpaired) electrons. The number of H-pyrrole nitrogens is 1. The highest BCUT2D eigenvalue weighted by Gasteiger charge is 2.35. The molecule has 8 heteroatoms. The average Bonchev–Trinajstić information content (AvgIpc) is 3.04. The standard InChI is InChI=1S/C20H25N3O5/c1-11(2)18(24)22-13-5-6-14-15(9-21-16(14)8-13)17(20(27)28)23-7-3-4-12(10-23)19(25)26/h5-6,8-9,11-12,17,21H,3-4,7,10H2,1-2H3,(H,22,24)(H,25,26)(H,27,28)/t12-,17-/m1/s1. The Morgan fingerprint density at radius 3 is 2.64 bits per heavy atom. The molecule has 0 bridgehead atoms. The van der Waals surface area contributed by atoms with Crippen molar-refractivity contribution in [2.45, 2.75) is 32.7 Å². The van der Waals surface area contributed by atoms with Gasteiger partial charge in [-0.15, -0.1) is 0 Å². The molecule has 3 rings (SSSR count). The number of carboxylic acids is 2. The molecule has 1 aliphatic heterocycles. The van der Waals surface area contributed by atoms with Crippen LogP contribution >= 0.6 is 0 Å². The van der Waals surface area contributed by atoms with Crippen LogP contribution in [0.3, 0.4) is 0 Å². The number of anilines is 1. The SMILES string of the molecule is CC(C)C(=O)Nc1ccc2c([C@H](C(=O)O)N3CCC[C@@H](C(=O)O)C3)c[nH]c2c1. The number of benzene rings is 1. The Morgan fingerprint density at radius 2 is 2.00 bits per heavy atom. The van der Waals surface area contributed by atoms with Gasteiger partial charge in [0, 0.05) is 40.8 Å². The van der Waals surface area contributed by atoms with Gasteiger partial charge in [-0.05, 0) is 31.5 Å². The summed E-state index contributed by atoms with van der Waals surface area (Å²) in [5, 5.41) is 22.7. The van der Waals surface area contributed by atoms with Gasteiger partial charge in [-0.2, -0.15) is 0 Å². The molecular weight excluding hydrogens is 362 g/mol.